The fourth-order valence-corrected chi connectivity index (χ4v) is 2.02. The molecule has 0 radical (unpaired) electrons. The Bertz CT molecular complexity index is 278. The number of aliphatic carboxylic acids is 1. The average Bonchev–Trinajstić information content (AvgIpc) is 2.29. The Morgan fingerprint density at radius 2 is 2.00 bits per heavy atom. The maximum Gasteiger partial charge on any atom is 0.317 e. The second kappa shape index (κ2) is 9.61. The highest BCUT2D eigenvalue weighted by Crippen LogP contribution is 2.06. The summed E-state index contributed by atoms with van der Waals surface area (Å²) in [5.41, 5.74) is 0. The maximum absolute atomic E-state index is 12.1. The van der Waals surface area contributed by atoms with E-state index in [2.05, 4.69) is 5.32 Å². The van der Waals surface area contributed by atoms with Crippen LogP contribution in [0.2, 0.25) is 0 Å². The number of rotatable bonds is 9. The van der Waals surface area contributed by atoms with Crippen LogP contribution in [0.3, 0.4) is 0 Å². The molecule has 2 amide bonds. The van der Waals surface area contributed by atoms with Gasteiger partial charge in [-0.3, -0.25) is 4.79 Å². The quantitative estimate of drug-likeness (QED) is 0.670. The number of amides is 2. The number of carboxylic acid groups (broad SMARTS) is 1. The van der Waals surface area contributed by atoms with E-state index in [4.69, 9.17) is 9.84 Å². The lowest BCUT2D eigenvalue weighted by Crippen LogP contribution is -2.50. The van der Waals surface area contributed by atoms with Crippen LogP contribution in [0.25, 0.3) is 0 Å². The number of hydrogen-bond acceptors (Lipinski definition) is 3. The minimum absolute atomic E-state index is 0.0337. The molecule has 0 aromatic heterocycles. The zero-order valence-corrected chi connectivity index (χ0v) is 12.3. The average molecular weight is 274 g/mol. The first kappa shape index (κ1) is 17.7. The third kappa shape index (κ3) is 7.00. The second-order valence-corrected chi connectivity index (χ2v) is 4.62. The van der Waals surface area contributed by atoms with E-state index in [9.17, 15) is 9.59 Å². The molecule has 0 aromatic rings. The van der Waals surface area contributed by atoms with Crippen LogP contribution in [-0.4, -0.2) is 54.4 Å². The number of ether oxygens (including phenoxy) is 1. The zero-order valence-electron chi connectivity index (χ0n) is 12.3. The fourth-order valence-electron chi connectivity index (χ4n) is 2.02. The molecule has 0 saturated carbocycles. The second-order valence-electron chi connectivity index (χ2n) is 4.62. The number of nitrogens with zero attached hydrogens (tertiary/aromatic N) is 1. The molecule has 112 valence electrons. The molecule has 0 spiro atoms. The molecule has 0 fully saturated rings. The van der Waals surface area contributed by atoms with Gasteiger partial charge in [-0.05, 0) is 20.3 Å². The standard InChI is InChI=1S/C13H26N2O4/c1-5-7-11(9-19-4)14-13(18)15(6-2)10(3)8-12(16)17/h10-11H,5-9H2,1-4H3,(H,14,18)(H,16,17). The molecule has 0 saturated heterocycles. The van der Waals surface area contributed by atoms with Gasteiger partial charge >= 0.3 is 12.0 Å². The number of methoxy groups -OCH3 is 1. The Kier molecular flexibility index (Phi) is 8.95. The van der Waals surface area contributed by atoms with E-state index in [1.165, 1.54) is 4.90 Å². The van der Waals surface area contributed by atoms with Crippen LogP contribution in [0.4, 0.5) is 4.79 Å². The van der Waals surface area contributed by atoms with Gasteiger partial charge in [-0.25, -0.2) is 4.79 Å². The van der Waals surface area contributed by atoms with Crippen LogP contribution in [0.15, 0.2) is 0 Å². The molecule has 0 aromatic carbocycles. The van der Waals surface area contributed by atoms with Crippen LogP contribution in [0, 0.1) is 0 Å². The highest BCUT2D eigenvalue weighted by atomic mass is 16.5. The van der Waals surface area contributed by atoms with Gasteiger partial charge < -0.3 is 20.1 Å². The van der Waals surface area contributed by atoms with Gasteiger partial charge in [0.2, 0.25) is 0 Å². The van der Waals surface area contributed by atoms with E-state index >= 15 is 0 Å². The van der Waals surface area contributed by atoms with Gasteiger partial charge in [-0.1, -0.05) is 13.3 Å². The van der Waals surface area contributed by atoms with Gasteiger partial charge in [0.15, 0.2) is 0 Å². The van der Waals surface area contributed by atoms with Gasteiger partial charge in [0, 0.05) is 19.7 Å². The van der Waals surface area contributed by atoms with Crippen molar-refractivity contribution in [2.24, 2.45) is 0 Å². The van der Waals surface area contributed by atoms with Crippen molar-refractivity contribution >= 4 is 12.0 Å². The van der Waals surface area contributed by atoms with Gasteiger partial charge in [0.25, 0.3) is 0 Å². The summed E-state index contributed by atoms with van der Waals surface area (Å²) in [5, 5.41) is 11.7. The van der Waals surface area contributed by atoms with Crippen molar-refractivity contribution in [3.05, 3.63) is 0 Å². The van der Waals surface area contributed by atoms with E-state index < -0.39 is 5.97 Å². The van der Waals surface area contributed by atoms with E-state index in [1.807, 2.05) is 13.8 Å². The van der Waals surface area contributed by atoms with Gasteiger partial charge in [-0.2, -0.15) is 0 Å². The first-order chi connectivity index (χ1) is 8.96. The van der Waals surface area contributed by atoms with Crippen LogP contribution in [0.1, 0.15) is 40.0 Å². The molecule has 0 bridgehead atoms. The van der Waals surface area contributed by atoms with Crippen LogP contribution in [0.5, 0.6) is 0 Å². The molecule has 0 rings (SSSR count). The summed E-state index contributed by atoms with van der Waals surface area (Å²) >= 11 is 0. The zero-order chi connectivity index (χ0) is 14.8. The number of hydrogen-bond donors (Lipinski definition) is 2. The molecule has 0 aliphatic heterocycles. The smallest absolute Gasteiger partial charge is 0.317 e. The lowest BCUT2D eigenvalue weighted by molar-refractivity contribution is -0.138. The molecule has 2 N–H and O–H groups in total. The van der Waals surface area contributed by atoms with Crippen molar-refractivity contribution in [2.75, 3.05) is 20.3 Å². The normalized spacial score (nSPS) is 13.7. The Balaban J connectivity index is 4.51. The van der Waals surface area contributed by atoms with Crippen molar-refractivity contribution in [1.82, 2.24) is 10.2 Å². The van der Waals surface area contributed by atoms with Crippen molar-refractivity contribution in [1.29, 1.82) is 0 Å². The fraction of sp³-hybridized carbons (Fsp3) is 0.846. The van der Waals surface area contributed by atoms with Crippen molar-refractivity contribution < 1.29 is 19.4 Å². The lowest BCUT2D eigenvalue weighted by Gasteiger charge is -2.29. The van der Waals surface area contributed by atoms with Gasteiger partial charge in [0.1, 0.15) is 0 Å². The van der Waals surface area contributed by atoms with Crippen molar-refractivity contribution in [3.8, 4) is 0 Å². The molecule has 0 aliphatic carbocycles. The topological polar surface area (TPSA) is 78.9 Å². The first-order valence-electron chi connectivity index (χ1n) is 6.74. The molecule has 0 heterocycles. The summed E-state index contributed by atoms with van der Waals surface area (Å²) in [7, 11) is 1.60. The Labute approximate surface area is 115 Å². The van der Waals surface area contributed by atoms with Crippen molar-refractivity contribution in [3.63, 3.8) is 0 Å². The number of nitrogens with one attached hydrogen (secondary N) is 1. The van der Waals surface area contributed by atoms with E-state index in [-0.39, 0.29) is 24.5 Å². The third-order valence-corrected chi connectivity index (χ3v) is 2.94. The minimum Gasteiger partial charge on any atom is -0.481 e. The summed E-state index contributed by atoms with van der Waals surface area (Å²) in [6.07, 6.45) is 1.74. The van der Waals surface area contributed by atoms with Crippen LogP contribution < -0.4 is 5.32 Å². The summed E-state index contributed by atoms with van der Waals surface area (Å²) in [5.74, 6) is -0.902. The van der Waals surface area contributed by atoms with E-state index in [0.29, 0.717) is 13.2 Å². The first-order valence-corrected chi connectivity index (χ1v) is 6.74. The highest BCUT2D eigenvalue weighted by molar-refractivity contribution is 5.76. The monoisotopic (exact) mass is 274 g/mol. The van der Waals surface area contributed by atoms with Crippen molar-refractivity contribution in [2.45, 2.75) is 52.1 Å². The molecular formula is C13H26N2O4. The van der Waals surface area contributed by atoms with E-state index in [1.54, 1.807) is 14.0 Å². The molecule has 2 unspecified atom stereocenters. The Morgan fingerprint density at radius 1 is 1.37 bits per heavy atom. The number of urea groups is 1. The Hall–Kier alpha value is -1.30. The predicted molar refractivity (Wildman–Crippen MR) is 73.2 cm³/mol. The molecule has 6 heteroatoms. The number of carbonyl (C=O) groups is 2. The van der Waals surface area contributed by atoms with Gasteiger partial charge in [0.05, 0.1) is 19.1 Å². The van der Waals surface area contributed by atoms with Crippen LogP contribution >= 0.6 is 0 Å². The molecule has 0 aliphatic rings. The molecular weight excluding hydrogens is 248 g/mol. The lowest BCUT2D eigenvalue weighted by atomic mass is 10.2. The van der Waals surface area contributed by atoms with E-state index in [0.717, 1.165) is 12.8 Å². The minimum atomic E-state index is -0.902. The summed E-state index contributed by atoms with van der Waals surface area (Å²) in [6, 6.07) is -0.590. The van der Waals surface area contributed by atoms with Crippen LogP contribution in [-0.2, 0) is 9.53 Å². The third-order valence-electron chi connectivity index (χ3n) is 2.94. The Morgan fingerprint density at radius 3 is 2.42 bits per heavy atom. The molecule has 19 heavy (non-hydrogen) atoms. The largest absolute Gasteiger partial charge is 0.481 e. The predicted octanol–water partition coefficient (Wildman–Crippen LogP) is 1.70. The highest BCUT2D eigenvalue weighted by Gasteiger charge is 2.22. The molecule has 6 nitrogen and oxygen atoms in total. The maximum atomic E-state index is 12.1. The number of carbonyl (C=O) groups excluding carboxylic acids is 1. The number of carboxylic acids is 1. The summed E-state index contributed by atoms with van der Waals surface area (Å²) in [6.45, 7) is 6.56. The SMILES string of the molecule is CCCC(COC)NC(=O)N(CC)C(C)CC(=O)O. The summed E-state index contributed by atoms with van der Waals surface area (Å²) < 4.78 is 5.07. The van der Waals surface area contributed by atoms with Gasteiger partial charge in [-0.15, -0.1) is 0 Å². The summed E-state index contributed by atoms with van der Waals surface area (Å²) in [4.78, 5) is 24.4. The molecule has 2 atom stereocenters.